The molecule has 0 aliphatic heterocycles. The lowest BCUT2D eigenvalue weighted by Crippen LogP contribution is -2.30. The molecule has 0 aromatic carbocycles. The molecule has 2 unspecified atom stereocenters. The van der Waals surface area contributed by atoms with E-state index in [0.717, 1.165) is 0 Å². The van der Waals surface area contributed by atoms with Gasteiger partial charge in [-0.3, -0.25) is 0 Å². The van der Waals surface area contributed by atoms with Gasteiger partial charge in [-0.05, 0) is 6.92 Å². The molecule has 0 bridgehead atoms. The first-order valence-corrected chi connectivity index (χ1v) is 2.97. The minimum absolute atomic E-state index is 0.0162. The topological polar surface area (TPSA) is 59.1 Å². The average Bonchev–Trinajstić information content (AvgIpc) is 1.82. The Kier molecular flexibility index (Phi) is 4.26. The fraction of sp³-hybridized carbons (Fsp3) is 0.833. The molecule has 0 heterocycles. The second-order valence-corrected chi connectivity index (χ2v) is 2.14. The first-order chi connectivity index (χ1) is 4.22. The molecule has 3 heteroatoms. The van der Waals surface area contributed by atoms with Crippen LogP contribution in [0.2, 0.25) is 0 Å². The highest BCUT2D eigenvalue weighted by Gasteiger charge is 2.08. The van der Waals surface area contributed by atoms with Gasteiger partial charge in [-0.1, -0.05) is 0 Å². The van der Waals surface area contributed by atoms with Gasteiger partial charge in [0, 0.05) is 25.3 Å². The second-order valence-electron chi connectivity index (χ2n) is 2.14. The fourth-order valence-electron chi connectivity index (χ4n) is 0.544. The minimum atomic E-state index is 0.0162. The van der Waals surface area contributed by atoms with Crippen LogP contribution in [-0.4, -0.2) is 26.0 Å². The molecular weight excluding hydrogens is 116 g/mol. The van der Waals surface area contributed by atoms with Crippen molar-refractivity contribution in [1.29, 1.82) is 5.41 Å². The molecule has 0 aliphatic rings. The first-order valence-electron chi connectivity index (χ1n) is 2.97. The smallest absolute Gasteiger partial charge is 0.0554 e. The van der Waals surface area contributed by atoms with Crippen molar-refractivity contribution in [3.8, 4) is 0 Å². The largest absolute Gasteiger partial charge is 0.384 e. The zero-order valence-electron chi connectivity index (χ0n) is 5.92. The van der Waals surface area contributed by atoms with E-state index in [0.29, 0.717) is 6.61 Å². The zero-order chi connectivity index (χ0) is 7.28. The van der Waals surface area contributed by atoms with Crippen molar-refractivity contribution < 1.29 is 4.74 Å². The van der Waals surface area contributed by atoms with E-state index < -0.39 is 0 Å². The van der Waals surface area contributed by atoms with Crippen molar-refractivity contribution in [3.63, 3.8) is 0 Å². The van der Waals surface area contributed by atoms with Gasteiger partial charge in [0.05, 0.1) is 6.61 Å². The van der Waals surface area contributed by atoms with Crippen LogP contribution in [0.15, 0.2) is 0 Å². The molecule has 0 spiro atoms. The highest BCUT2D eigenvalue weighted by atomic mass is 16.5. The van der Waals surface area contributed by atoms with Crippen LogP contribution in [0.25, 0.3) is 0 Å². The van der Waals surface area contributed by atoms with Crippen LogP contribution < -0.4 is 5.73 Å². The van der Waals surface area contributed by atoms with Gasteiger partial charge in [-0.15, -0.1) is 0 Å². The zero-order valence-corrected chi connectivity index (χ0v) is 5.92. The summed E-state index contributed by atoms with van der Waals surface area (Å²) in [5, 5.41) is 6.91. The lowest BCUT2D eigenvalue weighted by atomic mass is 10.1. The summed E-state index contributed by atoms with van der Waals surface area (Å²) in [6.45, 7) is 2.41. The van der Waals surface area contributed by atoms with Crippen molar-refractivity contribution >= 4 is 6.21 Å². The predicted octanol–water partition coefficient (Wildman–Crippen LogP) is 0.246. The van der Waals surface area contributed by atoms with Crippen LogP contribution in [0.4, 0.5) is 0 Å². The summed E-state index contributed by atoms with van der Waals surface area (Å²) in [6.07, 6.45) is 1.33. The number of methoxy groups -OCH3 is 1. The summed E-state index contributed by atoms with van der Waals surface area (Å²) >= 11 is 0. The van der Waals surface area contributed by atoms with Gasteiger partial charge in [-0.2, -0.15) is 0 Å². The Morgan fingerprint density at radius 3 is 2.44 bits per heavy atom. The summed E-state index contributed by atoms with van der Waals surface area (Å²) in [4.78, 5) is 0. The predicted molar refractivity (Wildman–Crippen MR) is 37.8 cm³/mol. The molecule has 0 radical (unpaired) electrons. The van der Waals surface area contributed by atoms with Crippen molar-refractivity contribution in [2.24, 2.45) is 11.7 Å². The van der Waals surface area contributed by atoms with Gasteiger partial charge >= 0.3 is 0 Å². The van der Waals surface area contributed by atoms with E-state index in [1.54, 1.807) is 7.11 Å². The maximum atomic E-state index is 6.91. The number of nitrogens with two attached hydrogens (primary N) is 1. The lowest BCUT2D eigenvalue weighted by molar-refractivity contribution is 0.169. The Bertz CT molecular complexity index is 83.1. The van der Waals surface area contributed by atoms with Crippen LogP contribution in [0.5, 0.6) is 0 Å². The number of hydrogen-bond acceptors (Lipinski definition) is 3. The summed E-state index contributed by atoms with van der Waals surface area (Å²) < 4.78 is 4.82. The quantitative estimate of drug-likeness (QED) is 0.536. The molecule has 3 nitrogen and oxygen atoms in total. The number of nitrogens with one attached hydrogen (secondary N) is 1. The average molecular weight is 130 g/mol. The first kappa shape index (κ1) is 8.59. The van der Waals surface area contributed by atoms with E-state index in [4.69, 9.17) is 15.9 Å². The monoisotopic (exact) mass is 130 g/mol. The Morgan fingerprint density at radius 2 is 2.33 bits per heavy atom. The molecule has 0 amide bonds. The summed E-state index contributed by atoms with van der Waals surface area (Å²) in [5.41, 5.74) is 5.50. The Balaban J connectivity index is 3.54. The van der Waals surface area contributed by atoms with Gasteiger partial charge in [0.1, 0.15) is 0 Å². The standard InChI is InChI=1S/C6H14N2O/c1-5(8)6(3-7)4-9-2/h3,5-7H,4,8H2,1-2H3. The maximum absolute atomic E-state index is 6.91. The third-order valence-corrected chi connectivity index (χ3v) is 1.25. The molecule has 0 rings (SSSR count). The SMILES string of the molecule is COCC(C=N)C(C)N. The molecule has 0 aromatic rings. The molecule has 0 fully saturated rings. The Morgan fingerprint density at radius 1 is 1.78 bits per heavy atom. The van der Waals surface area contributed by atoms with E-state index >= 15 is 0 Å². The highest BCUT2D eigenvalue weighted by Crippen LogP contribution is 1.96. The van der Waals surface area contributed by atoms with Crippen LogP contribution in [0.1, 0.15) is 6.92 Å². The van der Waals surface area contributed by atoms with E-state index in [2.05, 4.69) is 0 Å². The van der Waals surface area contributed by atoms with Gasteiger partial charge < -0.3 is 15.9 Å². The molecular formula is C6H14N2O. The van der Waals surface area contributed by atoms with Gasteiger partial charge in [0.15, 0.2) is 0 Å². The molecule has 0 saturated carbocycles. The summed E-state index contributed by atoms with van der Waals surface area (Å²) in [6, 6.07) is 0.0162. The van der Waals surface area contributed by atoms with Crippen LogP contribution in [0.3, 0.4) is 0 Å². The van der Waals surface area contributed by atoms with E-state index in [9.17, 15) is 0 Å². The van der Waals surface area contributed by atoms with Gasteiger partial charge in [0.2, 0.25) is 0 Å². The van der Waals surface area contributed by atoms with Crippen LogP contribution in [0, 0.1) is 11.3 Å². The third-order valence-electron chi connectivity index (χ3n) is 1.25. The molecule has 0 aliphatic carbocycles. The summed E-state index contributed by atoms with van der Waals surface area (Å²) in [5.74, 6) is 0.0648. The van der Waals surface area contributed by atoms with Crippen molar-refractivity contribution in [2.45, 2.75) is 13.0 Å². The molecule has 0 saturated heterocycles. The molecule has 54 valence electrons. The van der Waals surface area contributed by atoms with E-state index in [-0.39, 0.29) is 12.0 Å². The van der Waals surface area contributed by atoms with E-state index in [1.807, 2.05) is 6.92 Å². The van der Waals surface area contributed by atoms with E-state index in [1.165, 1.54) is 6.21 Å². The normalized spacial score (nSPS) is 16.8. The molecule has 0 aromatic heterocycles. The van der Waals surface area contributed by atoms with Crippen molar-refractivity contribution in [2.75, 3.05) is 13.7 Å². The molecule has 2 atom stereocenters. The van der Waals surface area contributed by atoms with Gasteiger partial charge in [-0.25, -0.2) is 0 Å². The third kappa shape index (κ3) is 3.21. The summed E-state index contributed by atoms with van der Waals surface area (Å²) in [7, 11) is 1.61. The van der Waals surface area contributed by atoms with Crippen LogP contribution in [-0.2, 0) is 4.74 Å². The van der Waals surface area contributed by atoms with Gasteiger partial charge in [0.25, 0.3) is 0 Å². The number of rotatable bonds is 4. The Labute approximate surface area is 55.7 Å². The van der Waals surface area contributed by atoms with Crippen LogP contribution >= 0.6 is 0 Å². The number of ether oxygens (including phenoxy) is 1. The number of hydrogen-bond donors (Lipinski definition) is 2. The maximum Gasteiger partial charge on any atom is 0.0554 e. The molecule has 3 N–H and O–H groups in total. The van der Waals surface area contributed by atoms with Crippen molar-refractivity contribution in [3.05, 3.63) is 0 Å². The second kappa shape index (κ2) is 4.47. The highest BCUT2D eigenvalue weighted by molar-refractivity contribution is 5.57. The fourth-order valence-corrected chi connectivity index (χ4v) is 0.544. The van der Waals surface area contributed by atoms with Crippen molar-refractivity contribution in [1.82, 2.24) is 0 Å². The Hall–Kier alpha value is -0.410. The minimum Gasteiger partial charge on any atom is -0.384 e. The lowest BCUT2D eigenvalue weighted by Gasteiger charge is -2.13. The molecule has 9 heavy (non-hydrogen) atoms.